The molecule has 0 heterocycles. The lowest BCUT2D eigenvalue weighted by atomic mass is 10.2. The third kappa shape index (κ3) is 4.77. The molecule has 0 unspecified atom stereocenters. The molecule has 0 aliphatic rings. The van der Waals surface area contributed by atoms with Crippen molar-refractivity contribution >= 4 is 33.2 Å². The van der Waals surface area contributed by atoms with Crippen LogP contribution < -0.4 is 15.4 Å². The second kappa shape index (κ2) is 7.84. The zero-order chi connectivity index (χ0) is 15.9. The van der Waals surface area contributed by atoms with E-state index in [0.29, 0.717) is 13.0 Å². The zero-order valence-corrected chi connectivity index (χ0v) is 14.2. The van der Waals surface area contributed by atoms with Gasteiger partial charge >= 0.3 is 0 Å². The molecule has 22 heavy (non-hydrogen) atoms. The molecule has 0 fully saturated rings. The Morgan fingerprint density at radius 2 is 2.00 bits per heavy atom. The maximum atomic E-state index is 11.9. The van der Waals surface area contributed by atoms with E-state index in [4.69, 9.17) is 4.74 Å². The van der Waals surface area contributed by atoms with Gasteiger partial charge in [-0.3, -0.25) is 4.79 Å². The molecule has 4 nitrogen and oxygen atoms in total. The first-order chi connectivity index (χ1) is 10.6. The van der Waals surface area contributed by atoms with E-state index in [1.54, 1.807) is 7.11 Å². The molecule has 0 bridgehead atoms. The predicted octanol–water partition coefficient (Wildman–Crippen LogP) is 4.21. The van der Waals surface area contributed by atoms with Crippen LogP contribution in [0.5, 0.6) is 5.75 Å². The van der Waals surface area contributed by atoms with E-state index in [0.717, 1.165) is 27.2 Å². The number of rotatable bonds is 6. The summed E-state index contributed by atoms with van der Waals surface area (Å²) in [5.41, 5.74) is 2.87. The smallest absolute Gasteiger partial charge is 0.226 e. The van der Waals surface area contributed by atoms with Crippen LogP contribution in [-0.2, 0) is 4.79 Å². The number of anilines is 2. The van der Waals surface area contributed by atoms with Crippen molar-refractivity contribution in [2.24, 2.45) is 0 Å². The standard InChI is InChI=1S/C17H19BrN2O2/c1-12-6-7-14(11-16(12)18)20-17(21)8-9-19-13-4-3-5-15(10-13)22-2/h3-7,10-11,19H,8-9H2,1-2H3,(H,20,21). The molecule has 0 spiro atoms. The summed E-state index contributed by atoms with van der Waals surface area (Å²) < 4.78 is 6.14. The third-order valence-corrected chi connectivity index (χ3v) is 4.06. The molecule has 0 saturated heterocycles. The summed E-state index contributed by atoms with van der Waals surface area (Å²) in [6.07, 6.45) is 0.392. The first kappa shape index (κ1) is 16.4. The van der Waals surface area contributed by atoms with Crippen LogP contribution >= 0.6 is 15.9 Å². The van der Waals surface area contributed by atoms with Gasteiger partial charge in [0.25, 0.3) is 0 Å². The van der Waals surface area contributed by atoms with E-state index >= 15 is 0 Å². The van der Waals surface area contributed by atoms with Gasteiger partial charge in [0.15, 0.2) is 0 Å². The van der Waals surface area contributed by atoms with Crippen molar-refractivity contribution < 1.29 is 9.53 Å². The molecular weight excluding hydrogens is 344 g/mol. The van der Waals surface area contributed by atoms with Crippen LogP contribution in [0.15, 0.2) is 46.9 Å². The number of halogens is 1. The molecule has 0 radical (unpaired) electrons. The van der Waals surface area contributed by atoms with E-state index in [-0.39, 0.29) is 5.91 Å². The summed E-state index contributed by atoms with van der Waals surface area (Å²) in [4.78, 5) is 11.9. The Morgan fingerprint density at radius 3 is 2.73 bits per heavy atom. The highest BCUT2D eigenvalue weighted by Crippen LogP contribution is 2.21. The number of nitrogens with one attached hydrogen (secondary N) is 2. The summed E-state index contributed by atoms with van der Waals surface area (Å²) in [5.74, 6) is 0.769. The van der Waals surface area contributed by atoms with Gasteiger partial charge in [-0.05, 0) is 36.8 Å². The van der Waals surface area contributed by atoms with Crippen LogP contribution in [-0.4, -0.2) is 19.6 Å². The molecule has 1 amide bonds. The highest BCUT2D eigenvalue weighted by Gasteiger charge is 2.04. The minimum Gasteiger partial charge on any atom is -0.497 e. The van der Waals surface area contributed by atoms with E-state index in [1.807, 2.05) is 49.4 Å². The van der Waals surface area contributed by atoms with Gasteiger partial charge in [0, 0.05) is 34.9 Å². The maximum absolute atomic E-state index is 11.9. The molecule has 2 N–H and O–H groups in total. The van der Waals surface area contributed by atoms with E-state index in [1.165, 1.54) is 0 Å². The number of amides is 1. The van der Waals surface area contributed by atoms with Crippen molar-refractivity contribution in [1.29, 1.82) is 0 Å². The molecule has 0 aromatic heterocycles. The summed E-state index contributed by atoms with van der Waals surface area (Å²) >= 11 is 3.46. The second-order valence-electron chi connectivity index (χ2n) is 4.92. The Kier molecular flexibility index (Phi) is 5.83. The lowest BCUT2D eigenvalue weighted by Crippen LogP contribution is -2.16. The Labute approximate surface area is 139 Å². The van der Waals surface area contributed by atoms with Crippen LogP contribution in [0, 0.1) is 6.92 Å². The van der Waals surface area contributed by atoms with Crippen LogP contribution in [0.3, 0.4) is 0 Å². The number of methoxy groups -OCH3 is 1. The number of ether oxygens (including phenoxy) is 1. The first-order valence-electron chi connectivity index (χ1n) is 7.02. The van der Waals surface area contributed by atoms with Gasteiger partial charge in [0.1, 0.15) is 5.75 Å². The Bertz CT molecular complexity index is 659. The fourth-order valence-electron chi connectivity index (χ4n) is 1.95. The summed E-state index contributed by atoms with van der Waals surface area (Å²) in [6, 6.07) is 13.4. The minimum atomic E-state index is -0.0221. The Hall–Kier alpha value is -2.01. The molecular formula is C17H19BrN2O2. The van der Waals surface area contributed by atoms with Crippen molar-refractivity contribution in [2.45, 2.75) is 13.3 Å². The summed E-state index contributed by atoms with van der Waals surface area (Å²) in [7, 11) is 1.63. The van der Waals surface area contributed by atoms with Crippen LogP contribution in [0.25, 0.3) is 0 Å². The minimum absolute atomic E-state index is 0.0221. The SMILES string of the molecule is COc1cccc(NCCC(=O)Nc2ccc(C)c(Br)c2)c1. The normalized spacial score (nSPS) is 10.1. The van der Waals surface area contributed by atoms with E-state index in [2.05, 4.69) is 26.6 Å². The monoisotopic (exact) mass is 362 g/mol. The van der Waals surface area contributed by atoms with Gasteiger partial charge in [-0.1, -0.05) is 28.1 Å². The van der Waals surface area contributed by atoms with Crippen LogP contribution in [0.4, 0.5) is 11.4 Å². The molecule has 0 aliphatic carbocycles. The van der Waals surface area contributed by atoms with Crippen molar-refractivity contribution in [3.63, 3.8) is 0 Å². The number of hydrogen-bond donors (Lipinski definition) is 2. The number of aryl methyl sites for hydroxylation is 1. The van der Waals surface area contributed by atoms with E-state index in [9.17, 15) is 4.79 Å². The van der Waals surface area contributed by atoms with Crippen molar-refractivity contribution in [3.05, 3.63) is 52.5 Å². The lowest BCUT2D eigenvalue weighted by molar-refractivity contribution is -0.115. The average Bonchev–Trinajstić information content (AvgIpc) is 2.51. The molecule has 2 rings (SSSR count). The number of benzene rings is 2. The molecule has 5 heteroatoms. The average molecular weight is 363 g/mol. The van der Waals surface area contributed by atoms with Gasteiger partial charge in [-0.2, -0.15) is 0 Å². The maximum Gasteiger partial charge on any atom is 0.226 e. The largest absolute Gasteiger partial charge is 0.497 e. The van der Waals surface area contributed by atoms with Gasteiger partial charge in [0.2, 0.25) is 5.91 Å². The Morgan fingerprint density at radius 1 is 1.18 bits per heavy atom. The first-order valence-corrected chi connectivity index (χ1v) is 7.81. The molecule has 0 atom stereocenters. The third-order valence-electron chi connectivity index (χ3n) is 3.21. The van der Waals surface area contributed by atoms with Crippen molar-refractivity contribution in [1.82, 2.24) is 0 Å². The fourth-order valence-corrected chi connectivity index (χ4v) is 2.33. The fraction of sp³-hybridized carbons (Fsp3) is 0.235. The highest BCUT2D eigenvalue weighted by molar-refractivity contribution is 9.10. The van der Waals surface area contributed by atoms with Gasteiger partial charge in [-0.25, -0.2) is 0 Å². The topological polar surface area (TPSA) is 50.4 Å². The zero-order valence-electron chi connectivity index (χ0n) is 12.7. The van der Waals surface area contributed by atoms with Gasteiger partial charge in [0.05, 0.1) is 7.11 Å². The number of carbonyl (C=O) groups is 1. The molecule has 2 aromatic carbocycles. The second-order valence-corrected chi connectivity index (χ2v) is 5.78. The number of hydrogen-bond acceptors (Lipinski definition) is 3. The molecule has 0 aliphatic heterocycles. The number of carbonyl (C=O) groups excluding carboxylic acids is 1. The van der Waals surface area contributed by atoms with Crippen molar-refractivity contribution in [3.8, 4) is 5.75 Å². The quantitative estimate of drug-likeness (QED) is 0.809. The van der Waals surface area contributed by atoms with Gasteiger partial charge < -0.3 is 15.4 Å². The van der Waals surface area contributed by atoms with Crippen molar-refractivity contribution in [2.75, 3.05) is 24.3 Å². The summed E-state index contributed by atoms with van der Waals surface area (Å²) in [5, 5.41) is 6.09. The highest BCUT2D eigenvalue weighted by atomic mass is 79.9. The Balaban J connectivity index is 1.81. The summed E-state index contributed by atoms with van der Waals surface area (Å²) in [6.45, 7) is 2.57. The van der Waals surface area contributed by atoms with E-state index < -0.39 is 0 Å². The van der Waals surface area contributed by atoms with Crippen LogP contribution in [0.1, 0.15) is 12.0 Å². The van der Waals surface area contributed by atoms with Gasteiger partial charge in [-0.15, -0.1) is 0 Å². The molecule has 116 valence electrons. The lowest BCUT2D eigenvalue weighted by Gasteiger charge is -2.09. The van der Waals surface area contributed by atoms with Crippen LogP contribution in [0.2, 0.25) is 0 Å². The molecule has 0 saturated carbocycles. The molecule has 2 aromatic rings. The predicted molar refractivity (Wildman–Crippen MR) is 93.6 cm³/mol.